The number of aryl methyl sites for hydroxylation is 1. The molecule has 0 aliphatic carbocycles. The van der Waals surface area contributed by atoms with Crippen LogP contribution in [0.1, 0.15) is 12.7 Å². The number of aromatic amines is 1. The second kappa shape index (κ2) is 1.94. The van der Waals surface area contributed by atoms with E-state index < -0.39 is 5.95 Å². The molecular formula is C5H7FN2. The Kier molecular flexibility index (Phi) is 1.28. The summed E-state index contributed by atoms with van der Waals surface area (Å²) in [6.45, 7) is 1.91. The number of hydrogen-bond acceptors (Lipinski definition) is 1. The van der Waals surface area contributed by atoms with Gasteiger partial charge in [0.25, 0.3) is 0 Å². The molecule has 0 amide bonds. The molecule has 1 rings (SSSR count). The van der Waals surface area contributed by atoms with E-state index >= 15 is 0 Å². The first-order valence-electron chi connectivity index (χ1n) is 2.52. The maximum absolute atomic E-state index is 12.0. The Morgan fingerprint density at radius 2 is 2.62 bits per heavy atom. The molecule has 3 heteroatoms. The summed E-state index contributed by atoms with van der Waals surface area (Å²) in [6.07, 6.45) is 2.00. The molecule has 1 aromatic rings. The minimum absolute atomic E-state index is 0.429. The van der Waals surface area contributed by atoms with Gasteiger partial charge in [-0.25, -0.2) is 4.98 Å². The number of halogens is 1. The van der Waals surface area contributed by atoms with Crippen molar-refractivity contribution in [1.29, 1.82) is 0 Å². The maximum atomic E-state index is 12.0. The average molecular weight is 114 g/mol. The number of aromatic nitrogens is 2. The fourth-order valence-electron chi connectivity index (χ4n) is 0.517. The van der Waals surface area contributed by atoms with Crippen LogP contribution >= 0.6 is 0 Å². The minimum atomic E-state index is -0.429. The van der Waals surface area contributed by atoms with E-state index in [0.717, 1.165) is 6.42 Å². The van der Waals surface area contributed by atoms with E-state index in [9.17, 15) is 4.39 Å². The first-order valence-corrected chi connectivity index (χ1v) is 2.52. The number of imidazole rings is 1. The third-order valence-electron chi connectivity index (χ3n) is 0.935. The van der Waals surface area contributed by atoms with Crippen LogP contribution < -0.4 is 0 Å². The van der Waals surface area contributed by atoms with E-state index in [-0.39, 0.29) is 0 Å². The van der Waals surface area contributed by atoms with Gasteiger partial charge in [0.05, 0.1) is 6.20 Å². The third kappa shape index (κ3) is 0.857. The van der Waals surface area contributed by atoms with Gasteiger partial charge in [0.2, 0.25) is 5.95 Å². The molecule has 0 atom stereocenters. The highest BCUT2D eigenvalue weighted by molar-refractivity contribution is 4.87. The van der Waals surface area contributed by atoms with Crippen molar-refractivity contribution in [1.82, 2.24) is 9.97 Å². The standard InChI is InChI=1S/C5H7FN2/c1-2-5-7-3-4(6)8-5/h3H,2H2,1H3,(H,7,8). The lowest BCUT2D eigenvalue weighted by molar-refractivity contribution is 0.587. The van der Waals surface area contributed by atoms with Crippen LogP contribution in [0.4, 0.5) is 4.39 Å². The van der Waals surface area contributed by atoms with Gasteiger partial charge in [0, 0.05) is 6.42 Å². The summed E-state index contributed by atoms with van der Waals surface area (Å²) in [4.78, 5) is 6.18. The minimum Gasteiger partial charge on any atom is -0.346 e. The Morgan fingerprint density at radius 3 is 2.88 bits per heavy atom. The zero-order valence-corrected chi connectivity index (χ0v) is 4.61. The molecule has 0 fully saturated rings. The van der Waals surface area contributed by atoms with Crippen molar-refractivity contribution in [3.8, 4) is 0 Å². The summed E-state index contributed by atoms with van der Waals surface area (Å²) in [6, 6.07) is 0. The molecule has 0 aliphatic heterocycles. The lowest BCUT2D eigenvalue weighted by atomic mass is 10.5. The van der Waals surface area contributed by atoms with E-state index in [4.69, 9.17) is 0 Å². The van der Waals surface area contributed by atoms with Crippen molar-refractivity contribution in [2.75, 3.05) is 0 Å². The van der Waals surface area contributed by atoms with Gasteiger partial charge >= 0.3 is 0 Å². The zero-order valence-electron chi connectivity index (χ0n) is 4.61. The molecule has 1 aromatic heterocycles. The molecule has 2 nitrogen and oxygen atoms in total. The van der Waals surface area contributed by atoms with E-state index in [2.05, 4.69) is 9.97 Å². The van der Waals surface area contributed by atoms with E-state index in [0.29, 0.717) is 5.82 Å². The quantitative estimate of drug-likeness (QED) is 0.582. The highest BCUT2D eigenvalue weighted by Crippen LogP contribution is 1.93. The Morgan fingerprint density at radius 1 is 1.88 bits per heavy atom. The monoisotopic (exact) mass is 114 g/mol. The van der Waals surface area contributed by atoms with Crippen molar-refractivity contribution < 1.29 is 4.39 Å². The summed E-state index contributed by atoms with van der Waals surface area (Å²) >= 11 is 0. The van der Waals surface area contributed by atoms with Crippen LogP contribution in [0.5, 0.6) is 0 Å². The van der Waals surface area contributed by atoms with Crippen LogP contribution in [-0.2, 0) is 6.42 Å². The molecule has 0 unspecified atom stereocenters. The molecule has 0 aliphatic rings. The molecule has 0 saturated heterocycles. The van der Waals surface area contributed by atoms with Gasteiger partial charge in [0.15, 0.2) is 0 Å². The topological polar surface area (TPSA) is 28.7 Å². The molecule has 0 spiro atoms. The van der Waals surface area contributed by atoms with E-state index in [1.165, 1.54) is 6.20 Å². The van der Waals surface area contributed by atoms with Crippen molar-refractivity contribution in [3.63, 3.8) is 0 Å². The fraction of sp³-hybridized carbons (Fsp3) is 0.400. The van der Waals surface area contributed by atoms with Gasteiger partial charge in [-0.05, 0) is 0 Å². The summed E-state index contributed by atoms with van der Waals surface area (Å²) in [5.41, 5.74) is 0. The van der Waals surface area contributed by atoms with Crippen LogP contribution in [0.2, 0.25) is 0 Å². The van der Waals surface area contributed by atoms with Gasteiger partial charge in [-0.15, -0.1) is 0 Å². The zero-order chi connectivity index (χ0) is 5.98. The molecular weight excluding hydrogens is 107 g/mol. The van der Waals surface area contributed by atoms with Crippen LogP contribution in [-0.4, -0.2) is 9.97 Å². The normalized spacial score (nSPS) is 9.75. The average Bonchev–Trinajstić information content (AvgIpc) is 2.14. The van der Waals surface area contributed by atoms with Crippen LogP contribution in [0.15, 0.2) is 6.20 Å². The van der Waals surface area contributed by atoms with Crippen molar-refractivity contribution in [3.05, 3.63) is 18.0 Å². The molecule has 0 bridgehead atoms. The molecule has 8 heavy (non-hydrogen) atoms. The van der Waals surface area contributed by atoms with Crippen molar-refractivity contribution >= 4 is 0 Å². The lowest BCUT2D eigenvalue weighted by Gasteiger charge is -1.79. The van der Waals surface area contributed by atoms with Gasteiger partial charge in [-0.3, -0.25) is 0 Å². The fourth-order valence-corrected chi connectivity index (χ4v) is 0.517. The van der Waals surface area contributed by atoms with Crippen LogP contribution in [0.25, 0.3) is 0 Å². The smallest absolute Gasteiger partial charge is 0.230 e. The van der Waals surface area contributed by atoms with E-state index in [1.54, 1.807) is 0 Å². The predicted molar refractivity (Wildman–Crippen MR) is 27.9 cm³/mol. The lowest BCUT2D eigenvalue weighted by Crippen LogP contribution is -1.80. The number of nitrogens with zero attached hydrogens (tertiary/aromatic N) is 1. The highest BCUT2D eigenvalue weighted by Gasteiger charge is 1.93. The van der Waals surface area contributed by atoms with Gasteiger partial charge in [-0.1, -0.05) is 6.92 Å². The second-order valence-electron chi connectivity index (χ2n) is 1.52. The number of hydrogen-bond donors (Lipinski definition) is 1. The molecule has 0 radical (unpaired) electrons. The van der Waals surface area contributed by atoms with Gasteiger partial charge in [-0.2, -0.15) is 4.39 Å². The Labute approximate surface area is 46.8 Å². The number of rotatable bonds is 1. The molecule has 1 heterocycles. The summed E-state index contributed by atoms with van der Waals surface area (Å²) in [5, 5.41) is 0. The van der Waals surface area contributed by atoms with Crippen molar-refractivity contribution in [2.45, 2.75) is 13.3 Å². The molecule has 44 valence electrons. The number of nitrogens with one attached hydrogen (secondary N) is 1. The highest BCUT2D eigenvalue weighted by atomic mass is 19.1. The molecule has 0 aromatic carbocycles. The molecule has 1 N–H and O–H groups in total. The number of H-pyrrole nitrogens is 1. The van der Waals surface area contributed by atoms with Gasteiger partial charge in [0.1, 0.15) is 5.82 Å². The molecule has 0 saturated carbocycles. The summed E-state index contributed by atoms with van der Waals surface area (Å²) in [7, 11) is 0. The Bertz CT molecular complexity index is 171. The summed E-state index contributed by atoms with van der Waals surface area (Å²) < 4.78 is 12.0. The first-order chi connectivity index (χ1) is 3.83. The van der Waals surface area contributed by atoms with E-state index in [1.807, 2.05) is 6.92 Å². The second-order valence-corrected chi connectivity index (χ2v) is 1.52. The first kappa shape index (κ1) is 5.28. The summed E-state index contributed by atoms with van der Waals surface area (Å²) in [5.74, 6) is 0.268. The largest absolute Gasteiger partial charge is 0.346 e. The van der Waals surface area contributed by atoms with Crippen LogP contribution in [0, 0.1) is 5.95 Å². The Hall–Kier alpha value is -0.860. The maximum Gasteiger partial charge on any atom is 0.230 e. The Balaban J connectivity index is 2.84. The SMILES string of the molecule is CCc1nc(F)c[nH]1. The third-order valence-corrected chi connectivity index (χ3v) is 0.935. The predicted octanol–water partition coefficient (Wildman–Crippen LogP) is 1.11. The van der Waals surface area contributed by atoms with Crippen LogP contribution in [0.3, 0.4) is 0 Å². The van der Waals surface area contributed by atoms with Crippen molar-refractivity contribution in [2.24, 2.45) is 0 Å². The van der Waals surface area contributed by atoms with Gasteiger partial charge < -0.3 is 4.98 Å².